The van der Waals surface area contributed by atoms with E-state index in [1.165, 1.54) is 7.11 Å². The summed E-state index contributed by atoms with van der Waals surface area (Å²) in [5, 5.41) is 1.07. The number of carbonyl (C=O) groups is 1. The van der Waals surface area contributed by atoms with E-state index in [4.69, 9.17) is 10.5 Å². The molecule has 0 fully saturated rings. The number of benzene rings is 1. The van der Waals surface area contributed by atoms with Gasteiger partial charge in [0.25, 0.3) is 0 Å². The molecule has 0 bridgehead atoms. The molecule has 0 aliphatic rings. The van der Waals surface area contributed by atoms with E-state index in [1.807, 2.05) is 31.3 Å². The molecule has 0 amide bonds. The molecule has 0 saturated carbocycles. The molecule has 2 aromatic rings. The van der Waals surface area contributed by atoms with E-state index >= 15 is 0 Å². The van der Waals surface area contributed by atoms with E-state index in [9.17, 15) is 4.79 Å². The van der Waals surface area contributed by atoms with E-state index in [2.05, 4.69) is 9.72 Å². The van der Waals surface area contributed by atoms with Gasteiger partial charge in [0.1, 0.15) is 5.75 Å². The van der Waals surface area contributed by atoms with Gasteiger partial charge in [0.2, 0.25) is 0 Å². The van der Waals surface area contributed by atoms with Gasteiger partial charge in [0.15, 0.2) is 6.61 Å². The van der Waals surface area contributed by atoms with Crippen molar-refractivity contribution in [1.82, 2.24) is 4.98 Å². The molecule has 1 aromatic heterocycles. The van der Waals surface area contributed by atoms with Gasteiger partial charge in [-0.3, -0.25) is 0 Å². The minimum Gasteiger partial charge on any atom is -0.482 e. The van der Waals surface area contributed by atoms with E-state index in [-0.39, 0.29) is 12.6 Å². The molecular formula is C14H18N2O3. The number of rotatable bonds is 5. The largest absolute Gasteiger partial charge is 0.482 e. The standard InChI is InChI=1S/C14H18N2O3/c1-9(15)5-10-7-16-13-4-3-11(6-12(10)13)19-8-14(17)18-2/h3-4,6-7,9,16H,5,8,15H2,1-2H3/t9-/m1/s1. The second-order valence-electron chi connectivity index (χ2n) is 4.57. The number of hydrogen-bond donors (Lipinski definition) is 2. The molecule has 102 valence electrons. The highest BCUT2D eigenvalue weighted by atomic mass is 16.6. The Morgan fingerprint density at radius 3 is 2.95 bits per heavy atom. The first-order valence-corrected chi connectivity index (χ1v) is 6.15. The van der Waals surface area contributed by atoms with Gasteiger partial charge in [-0.1, -0.05) is 0 Å². The van der Waals surface area contributed by atoms with Crippen LogP contribution in [0.25, 0.3) is 10.9 Å². The molecule has 5 heteroatoms. The zero-order chi connectivity index (χ0) is 13.8. The number of methoxy groups -OCH3 is 1. The van der Waals surface area contributed by atoms with Crippen molar-refractivity contribution in [3.63, 3.8) is 0 Å². The van der Waals surface area contributed by atoms with E-state index in [1.54, 1.807) is 0 Å². The lowest BCUT2D eigenvalue weighted by atomic mass is 10.1. The molecule has 0 unspecified atom stereocenters. The molecule has 0 spiro atoms. The Labute approximate surface area is 111 Å². The number of ether oxygens (including phenoxy) is 2. The quantitative estimate of drug-likeness (QED) is 0.802. The first-order valence-electron chi connectivity index (χ1n) is 6.15. The Morgan fingerprint density at radius 2 is 2.26 bits per heavy atom. The van der Waals surface area contributed by atoms with E-state index in [0.717, 1.165) is 22.9 Å². The number of H-pyrrole nitrogens is 1. The summed E-state index contributed by atoms with van der Waals surface area (Å²) in [5.41, 5.74) is 8.00. The number of aromatic nitrogens is 1. The van der Waals surface area contributed by atoms with Crippen molar-refractivity contribution in [1.29, 1.82) is 0 Å². The Kier molecular flexibility index (Phi) is 4.06. The molecule has 2 rings (SSSR count). The van der Waals surface area contributed by atoms with Crippen molar-refractivity contribution in [3.05, 3.63) is 30.0 Å². The SMILES string of the molecule is COC(=O)COc1ccc2[nH]cc(C[C@@H](C)N)c2c1. The molecule has 19 heavy (non-hydrogen) atoms. The first kappa shape index (κ1) is 13.4. The van der Waals surface area contributed by atoms with E-state index in [0.29, 0.717) is 5.75 Å². The maximum atomic E-state index is 11.0. The van der Waals surface area contributed by atoms with Gasteiger partial charge >= 0.3 is 5.97 Å². The zero-order valence-electron chi connectivity index (χ0n) is 11.1. The minimum atomic E-state index is -0.398. The number of nitrogens with one attached hydrogen (secondary N) is 1. The van der Waals surface area contributed by atoms with Crippen molar-refractivity contribution >= 4 is 16.9 Å². The number of carbonyl (C=O) groups excluding carboxylic acids is 1. The van der Waals surface area contributed by atoms with Crippen LogP contribution in [0.2, 0.25) is 0 Å². The van der Waals surface area contributed by atoms with Crippen LogP contribution in [0, 0.1) is 0 Å². The topological polar surface area (TPSA) is 77.3 Å². The highest BCUT2D eigenvalue weighted by Gasteiger charge is 2.08. The van der Waals surface area contributed by atoms with Crippen LogP contribution in [0.1, 0.15) is 12.5 Å². The van der Waals surface area contributed by atoms with Crippen molar-refractivity contribution in [3.8, 4) is 5.75 Å². The number of esters is 1. The van der Waals surface area contributed by atoms with Crippen LogP contribution < -0.4 is 10.5 Å². The maximum Gasteiger partial charge on any atom is 0.343 e. The molecule has 1 heterocycles. The lowest BCUT2D eigenvalue weighted by molar-refractivity contribution is -0.142. The highest BCUT2D eigenvalue weighted by molar-refractivity contribution is 5.84. The molecule has 3 N–H and O–H groups in total. The Balaban J connectivity index is 2.20. The van der Waals surface area contributed by atoms with Crippen molar-refractivity contribution in [2.45, 2.75) is 19.4 Å². The number of fused-ring (bicyclic) bond motifs is 1. The average molecular weight is 262 g/mol. The molecule has 0 saturated heterocycles. The van der Waals surface area contributed by atoms with Crippen LogP contribution in [0.4, 0.5) is 0 Å². The van der Waals surface area contributed by atoms with Crippen LogP contribution in [-0.4, -0.2) is 30.7 Å². The second-order valence-corrected chi connectivity index (χ2v) is 4.57. The van der Waals surface area contributed by atoms with Gasteiger partial charge in [0, 0.05) is 23.1 Å². The second kappa shape index (κ2) is 5.75. The van der Waals surface area contributed by atoms with Gasteiger partial charge in [-0.05, 0) is 37.1 Å². The Hall–Kier alpha value is -2.01. The maximum absolute atomic E-state index is 11.0. The molecule has 0 aliphatic carbocycles. The van der Waals surface area contributed by atoms with Gasteiger partial charge in [0.05, 0.1) is 7.11 Å². The summed E-state index contributed by atoms with van der Waals surface area (Å²) in [6.45, 7) is 1.88. The van der Waals surface area contributed by atoms with Gasteiger partial charge in [-0.25, -0.2) is 4.79 Å². The third kappa shape index (κ3) is 3.26. The fraction of sp³-hybridized carbons (Fsp3) is 0.357. The van der Waals surface area contributed by atoms with Gasteiger partial charge < -0.3 is 20.2 Å². The number of hydrogen-bond acceptors (Lipinski definition) is 4. The number of aromatic amines is 1. The third-order valence-corrected chi connectivity index (χ3v) is 2.87. The summed E-state index contributed by atoms with van der Waals surface area (Å²) in [6.07, 6.45) is 2.75. The fourth-order valence-corrected chi connectivity index (χ4v) is 1.96. The predicted octanol–water partition coefficient (Wildman–Crippen LogP) is 1.61. The Bertz CT molecular complexity index is 575. The third-order valence-electron chi connectivity index (χ3n) is 2.87. The van der Waals surface area contributed by atoms with Crippen LogP contribution in [0.15, 0.2) is 24.4 Å². The number of nitrogens with two attached hydrogens (primary N) is 1. The predicted molar refractivity (Wildman–Crippen MR) is 73.2 cm³/mol. The van der Waals surface area contributed by atoms with Crippen molar-refractivity contribution < 1.29 is 14.3 Å². The van der Waals surface area contributed by atoms with Crippen LogP contribution in [-0.2, 0) is 16.0 Å². The summed E-state index contributed by atoms with van der Waals surface area (Å²) in [6, 6.07) is 5.75. The van der Waals surface area contributed by atoms with Gasteiger partial charge in [-0.2, -0.15) is 0 Å². The molecule has 0 aliphatic heterocycles. The fourth-order valence-electron chi connectivity index (χ4n) is 1.96. The monoisotopic (exact) mass is 262 g/mol. The summed E-state index contributed by atoms with van der Waals surface area (Å²) in [4.78, 5) is 14.2. The smallest absolute Gasteiger partial charge is 0.343 e. The normalized spacial score (nSPS) is 12.4. The zero-order valence-corrected chi connectivity index (χ0v) is 11.1. The van der Waals surface area contributed by atoms with Crippen LogP contribution >= 0.6 is 0 Å². The van der Waals surface area contributed by atoms with Crippen molar-refractivity contribution in [2.24, 2.45) is 5.73 Å². The lowest BCUT2D eigenvalue weighted by Crippen LogP contribution is -2.17. The highest BCUT2D eigenvalue weighted by Crippen LogP contribution is 2.24. The molecule has 5 nitrogen and oxygen atoms in total. The summed E-state index contributed by atoms with van der Waals surface area (Å²) < 4.78 is 9.91. The molecule has 0 radical (unpaired) electrons. The average Bonchev–Trinajstić information content (AvgIpc) is 2.78. The van der Waals surface area contributed by atoms with Gasteiger partial charge in [-0.15, -0.1) is 0 Å². The van der Waals surface area contributed by atoms with E-state index < -0.39 is 5.97 Å². The summed E-state index contributed by atoms with van der Waals surface area (Å²) in [5.74, 6) is 0.244. The molecular weight excluding hydrogens is 244 g/mol. The minimum absolute atomic E-state index is 0.0882. The summed E-state index contributed by atoms with van der Waals surface area (Å²) >= 11 is 0. The molecule has 1 atom stereocenters. The first-order chi connectivity index (χ1) is 9.10. The van der Waals surface area contributed by atoms with Crippen LogP contribution in [0.5, 0.6) is 5.75 Å². The Morgan fingerprint density at radius 1 is 1.47 bits per heavy atom. The summed E-state index contributed by atoms with van der Waals surface area (Å²) in [7, 11) is 1.34. The van der Waals surface area contributed by atoms with Crippen LogP contribution in [0.3, 0.4) is 0 Å². The van der Waals surface area contributed by atoms with Crippen molar-refractivity contribution in [2.75, 3.05) is 13.7 Å². The molecule has 1 aromatic carbocycles. The lowest BCUT2D eigenvalue weighted by Gasteiger charge is -2.06.